The molecule has 4 rings (SSSR count). The van der Waals surface area contributed by atoms with Crippen molar-refractivity contribution >= 4 is 51.7 Å². The number of carboxylic acid groups (broad SMARTS) is 1. The van der Waals surface area contributed by atoms with Crippen LogP contribution < -0.4 is 10.6 Å². The summed E-state index contributed by atoms with van der Waals surface area (Å²) in [5.41, 5.74) is 8.46. The normalized spacial score (nSPS) is 13.2. The number of methoxy groups -OCH3 is 1. The number of halogens is 2. The highest BCUT2D eigenvalue weighted by molar-refractivity contribution is 6.45. The van der Waals surface area contributed by atoms with Crippen LogP contribution in [0.25, 0.3) is 22.0 Å². The molecular formula is C22H24Cl2N4O3. The molecule has 0 aliphatic carbocycles. The van der Waals surface area contributed by atoms with Crippen molar-refractivity contribution in [3.05, 3.63) is 46.6 Å². The fourth-order valence-corrected chi connectivity index (χ4v) is 3.68. The highest BCUT2D eigenvalue weighted by Crippen LogP contribution is 2.37. The smallest absolute Gasteiger partial charge is 0.305 e. The first-order valence-electron chi connectivity index (χ1n) is 9.87. The number of benzene rings is 1. The predicted octanol–water partition coefficient (Wildman–Crippen LogP) is 4.89. The van der Waals surface area contributed by atoms with Crippen molar-refractivity contribution in [3.63, 3.8) is 0 Å². The molecule has 1 aromatic carbocycles. The molecule has 0 unspecified atom stereocenters. The van der Waals surface area contributed by atoms with E-state index in [-0.39, 0.29) is 6.42 Å². The van der Waals surface area contributed by atoms with E-state index >= 15 is 0 Å². The van der Waals surface area contributed by atoms with E-state index in [1.54, 1.807) is 18.3 Å². The highest BCUT2D eigenvalue weighted by atomic mass is 35.5. The Morgan fingerprint density at radius 1 is 1.23 bits per heavy atom. The van der Waals surface area contributed by atoms with E-state index in [1.807, 2.05) is 12.1 Å². The SMILES string of the molecule is COCCC(=O)O.Nc1ccc(-c2cc(N3CCCC3)nc3c(Cl)c(Cl)ccc23)cn1. The topological polar surface area (TPSA) is 102 Å². The summed E-state index contributed by atoms with van der Waals surface area (Å²) in [6, 6.07) is 9.63. The summed E-state index contributed by atoms with van der Waals surface area (Å²) < 4.78 is 4.47. The van der Waals surface area contributed by atoms with Crippen LogP contribution in [0.1, 0.15) is 19.3 Å². The minimum absolute atomic E-state index is 0.0938. The second-order valence-corrected chi connectivity index (χ2v) is 7.87. The summed E-state index contributed by atoms with van der Waals surface area (Å²) in [5.74, 6) is 0.607. The second-order valence-electron chi connectivity index (χ2n) is 7.09. The number of anilines is 2. The number of nitrogens with zero attached hydrogens (tertiary/aromatic N) is 3. The van der Waals surface area contributed by atoms with Crippen LogP contribution in [-0.4, -0.2) is 47.8 Å². The van der Waals surface area contributed by atoms with Crippen LogP contribution in [-0.2, 0) is 9.53 Å². The zero-order valence-corrected chi connectivity index (χ0v) is 18.7. The van der Waals surface area contributed by atoms with E-state index in [2.05, 4.69) is 20.7 Å². The van der Waals surface area contributed by atoms with Crippen LogP contribution >= 0.6 is 23.2 Å². The molecule has 0 spiro atoms. The molecule has 1 aliphatic rings. The van der Waals surface area contributed by atoms with Gasteiger partial charge in [0.05, 0.1) is 28.6 Å². The van der Waals surface area contributed by atoms with Crippen molar-refractivity contribution in [2.45, 2.75) is 19.3 Å². The Labute approximate surface area is 190 Å². The lowest BCUT2D eigenvalue weighted by molar-refractivity contribution is -0.137. The highest BCUT2D eigenvalue weighted by Gasteiger charge is 2.18. The summed E-state index contributed by atoms with van der Waals surface area (Å²) in [7, 11) is 1.48. The number of aliphatic carboxylic acids is 1. The zero-order valence-electron chi connectivity index (χ0n) is 17.1. The summed E-state index contributed by atoms with van der Waals surface area (Å²) >= 11 is 12.6. The fraction of sp³-hybridized carbons (Fsp3) is 0.318. The zero-order chi connectivity index (χ0) is 22.4. The number of hydrogen-bond donors (Lipinski definition) is 2. The number of fused-ring (bicyclic) bond motifs is 1. The lowest BCUT2D eigenvalue weighted by Crippen LogP contribution is -2.19. The molecule has 7 nitrogen and oxygen atoms in total. The third kappa shape index (κ3) is 5.76. The van der Waals surface area contributed by atoms with Crippen molar-refractivity contribution in [2.24, 2.45) is 0 Å². The lowest BCUT2D eigenvalue weighted by atomic mass is 10.0. The minimum atomic E-state index is -0.818. The summed E-state index contributed by atoms with van der Waals surface area (Å²) in [6.45, 7) is 2.32. The van der Waals surface area contributed by atoms with Crippen LogP contribution in [0.5, 0.6) is 0 Å². The molecule has 3 aromatic rings. The molecule has 0 amide bonds. The number of ether oxygens (including phenoxy) is 1. The van der Waals surface area contributed by atoms with Crippen LogP contribution in [0.4, 0.5) is 11.6 Å². The minimum Gasteiger partial charge on any atom is -0.481 e. The molecule has 31 heavy (non-hydrogen) atoms. The largest absolute Gasteiger partial charge is 0.481 e. The van der Waals surface area contributed by atoms with E-state index in [0.717, 1.165) is 40.9 Å². The van der Waals surface area contributed by atoms with Gasteiger partial charge in [0.25, 0.3) is 0 Å². The number of carboxylic acids is 1. The van der Waals surface area contributed by atoms with Gasteiger partial charge in [-0.2, -0.15) is 0 Å². The fourth-order valence-electron chi connectivity index (χ4n) is 3.32. The van der Waals surface area contributed by atoms with E-state index in [0.29, 0.717) is 22.5 Å². The first kappa shape index (κ1) is 23.1. The van der Waals surface area contributed by atoms with Crippen LogP contribution in [0.2, 0.25) is 10.0 Å². The molecule has 0 radical (unpaired) electrons. The van der Waals surface area contributed by atoms with Gasteiger partial charge in [-0.25, -0.2) is 9.97 Å². The number of nitrogen functional groups attached to an aromatic ring is 1. The van der Waals surface area contributed by atoms with Crippen LogP contribution in [0.3, 0.4) is 0 Å². The number of nitrogens with two attached hydrogens (primary N) is 1. The Kier molecular flexibility index (Phi) is 7.90. The Morgan fingerprint density at radius 2 is 1.97 bits per heavy atom. The van der Waals surface area contributed by atoms with E-state index < -0.39 is 5.97 Å². The van der Waals surface area contributed by atoms with Gasteiger partial charge in [0.1, 0.15) is 11.6 Å². The summed E-state index contributed by atoms with van der Waals surface area (Å²) in [5, 5.41) is 9.92. The third-order valence-electron chi connectivity index (χ3n) is 4.91. The molecule has 1 saturated heterocycles. The van der Waals surface area contributed by atoms with Crippen molar-refractivity contribution in [2.75, 3.05) is 37.4 Å². The molecule has 0 saturated carbocycles. The molecule has 164 valence electrons. The van der Waals surface area contributed by atoms with E-state index in [1.165, 1.54) is 20.0 Å². The van der Waals surface area contributed by atoms with Gasteiger partial charge in [0.15, 0.2) is 0 Å². The molecule has 9 heteroatoms. The predicted molar refractivity (Wildman–Crippen MR) is 125 cm³/mol. The monoisotopic (exact) mass is 462 g/mol. The van der Waals surface area contributed by atoms with Gasteiger partial charge in [-0.3, -0.25) is 4.79 Å². The van der Waals surface area contributed by atoms with Crippen LogP contribution in [0, 0.1) is 0 Å². The second kappa shape index (κ2) is 10.6. The molecule has 3 heterocycles. The third-order valence-corrected chi connectivity index (χ3v) is 5.70. The molecule has 3 N–H and O–H groups in total. The van der Waals surface area contributed by atoms with E-state index in [4.69, 9.17) is 39.0 Å². The van der Waals surface area contributed by atoms with Crippen molar-refractivity contribution < 1.29 is 14.6 Å². The maximum absolute atomic E-state index is 9.68. The van der Waals surface area contributed by atoms with Crippen LogP contribution in [0.15, 0.2) is 36.5 Å². The molecular weight excluding hydrogens is 439 g/mol. The quantitative estimate of drug-likeness (QED) is 0.555. The average molecular weight is 463 g/mol. The maximum atomic E-state index is 9.68. The van der Waals surface area contributed by atoms with Crippen molar-refractivity contribution in [1.82, 2.24) is 9.97 Å². The van der Waals surface area contributed by atoms with Gasteiger partial charge >= 0.3 is 5.97 Å². The lowest BCUT2D eigenvalue weighted by Gasteiger charge is -2.19. The number of pyridine rings is 2. The Balaban J connectivity index is 0.000000339. The molecule has 1 aliphatic heterocycles. The first-order valence-corrected chi connectivity index (χ1v) is 10.6. The standard InChI is InChI=1S/C18H16Cl2N4.C4H8O3/c19-14-5-4-12-13(11-3-6-15(21)22-10-11)9-16(23-18(12)17(14)20)24-7-1-2-8-24;1-7-3-2-4(5)6/h3-6,9-10H,1-2,7-8H2,(H2,21,22);2-3H2,1H3,(H,5,6). The Bertz CT molecular complexity index is 1050. The van der Waals surface area contributed by atoms with Gasteiger partial charge in [-0.15, -0.1) is 0 Å². The number of aromatic nitrogens is 2. The number of carbonyl (C=O) groups is 1. The molecule has 1 fully saturated rings. The molecule has 2 aromatic heterocycles. The summed E-state index contributed by atoms with van der Waals surface area (Å²) in [6.07, 6.45) is 4.24. The van der Waals surface area contributed by atoms with Crippen molar-refractivity contribution in [3.8, 4) is 11.1 Å². The Hall–Kier alpha value is -2.61. The van der Waals surface area contributed by atoms with Gasteiger partial charge in [-0.05, 0) is 42.7 Å². The van der Waals surface area contributed by atoms with Gasteiger partial charge in [0.2, 0.25) is 0 Å². The van der Waals surface area contributed by atoms with Gasteiger partial charge in [-0.1, -0.05) is 29.3 Å². The molecule has 0 atom stereocenters. The first-order chi connectivity index (χ1) is 14.9. The molecule has 0 bridgehead atoms. The number of rotatable bonds is 5. The maximum Gasteiger partial charge on any atom is 0.305 e. The average Bonchev–Trinajstić information content (AvgIpc) is 3.30. The van der Waals surface area contributed by atoms with Crippen molar-refractivity contribution in [1.29, 1.82) is 0 Å². The van der Waals surface area contributed by atoms with Gasteiger partial charge in [0, 0.05) is 37.3 Å². The number of hydrogen-bond acceptors (Lipinski definition) is 6. The summed E-state index contributed by atoms with van der Waals surface area (Å²) in [4.78, 5) is 21.0. The van der Waals surface area contributed by atoms with E-state index in [9.17, 15) is 4.79 Å². The Morgan fingerprint density at radius 3 is 2.55 bits per heavy atom. The van der Waals surface area contributed by atoms with Gasteiger partial charge < -0.3 is 20.5 Å².